The molecule has 31 heavy (non-hydrogen) atoms. The molecule has 4 rings (SSSR count). The van der Waals surface area contributed by atoms with Crippen LogP contribution in [0.4, 0.5) is 5.82 Å². The topological polar surface area (TPSA) is 120 Å². The number of carbonyl (C=O) groups excluding carboxylic acids is 1. The fourth-order valence-corrected chi connectivity index (χ4v) is 4.87. The van der Waals surface area contributed by atoms with Crippen molar-refractivity contribution in [2.45, 2.75) is 44.9 Å². The third-order valence-corrected chi connectivity index (χ3v) is 6.49. The van der Waals surface area contributed by atoms with Crippen molar-refractivity contribution in [3.8, 4) is 17.0 Å². The Labute approximate surface area is 182 Å². The van der Waals surface area contributed by atoms with Crippen molar-refractivity contribution in [2.24, 2.45) is 11.1 Å². The van der Waals surface area contributed by atoms with Crippen molar-refractivity contribution >= 4 is 11.7 Å². The van der Waals surface area contributed by atoms with E-state index in [1.807, 2.05) is 29.2 Å². The summed E-state index contributed by atoms with van der Waals surface area (Å²) >= 11 is 0. The highest BCUT2D eigenvalue weighted by Gasteiger charge is 2.50. The largest absolute Gasteiger partial charge is 0.494 e. The van der Waals surface area contributed by atoms with Crippen molar-refractivity contribution in [1.82, 2.24) is 14.7 Å². The highest BCUT2D eigenvalue weighted by Crippen LogP contribution is 2.55. The molecule has 1 aliphatic carbocycles. The zero-order chi connectivity index (χ0) is 22.2. The van der Waals surface area contributed by atoms with Gasteiger partial charge in [-0.2, -0.15) is 5.10 Å². The number of nitrogens with two attached hydrogens (primary N) is 2. The molecule has 0 radical (unpaired) electrons. The van der Waals surface area contributed by atoms with Crippen LogP contribution < -0.4 is 16.2 Å². The van der Waals surface area contributed by atoms with Crippen molar-refractivity contribution < 1.29 is 14.6 Å². The molecule has 1 spiro atoms. The summed E-state index contributed by atoms with van der Waals surface area (Å²) in [7, 11) is 0. The first-order chi connectivity index (χ1) is 14.9. The lowest BCUT2D eigenvalue weighted by molar-refractivity contribution is -0.125. The van der Waals surface area contributed by atoms with Crippen LogP contribution in [0.2, 0.25) is 0 Å². The van der Waals surface area contributed by atoms with Gasteiger partial charge in [-0.1, -0.05) is 13.5 Å². The Bertz CT molecular complexity index is 960. The van der Waals surface area contributed by atoms with Crippen molar-refractivity contribution in [3.05, 3.63) is 42.5 Å². The molecule has 1 amide bonds. The molecule has 2 aromatic rings. The summed E-state index contributed by atoms with van der Waals surface area (Å²) in [5.74, 6) is 1.17. The smallest absolute Gasteiger partial charge is 0.245 e. The van der Waals surface area contributed by atoms with Crippen LogP contribution in [-0.4, -0.2) is 45.4 Å². The second-order valence-electron chi connectivity index (χ2n) is 8.69. The van der Waals surface area contributed by atoms with Gasteiger partial charge >= 0.3 is 0 Å². The molecular weight excluding hydrogens is 394 g/mol. The van der Waals surface area contributed by atoms with Gasteiger partial charge < -0.3 is 26.2 Å². The normalized spacial score (nSPS) is 23.6. The minimum atomic E-state index is -1.22. The maximum absolute atomic E-state index is 11.9. The number of rotatable bonds is 7. The van der Waals surface area contributed by atoms with Crippen LogP contribution in [0.25, 0.3) is 11.3 Å². The van der Waals surface area contributed by atoms with E-state index in [9.17, 15) is 9.90 Å². The maximum atomic E-state index is 11.9. The molecule has 2 fully saturated rings. The standard InChI is InChI=1S/C23H31N5O3/c1-3-11-31-17-7-5-15(6-8-17)20-19(22(25)30)21(24)28(26-20)16-12-23(13-16)9-10-27(14-23)18(29)4-2/h4-8,16,22,30H,2-3,9-14,24-25H2,1H3/t16-,22?,23-. The molecule has 166 valence electrons. The number of amides is 1. The molecular formula is C23H31N5O3. The van der Waals surface area contributed by atoms with Gasteiger partial charge in [0.15, 0.2) is 0 Å². The van der Waals surface area contributed by atoms with Gasteiger partial charge in [0, 0.05) is 18.7 Å². The average Bonchev–Trinajstić information content (AvgIpc) is 3.33. The molecule has 1 aromatic heterocycles. The molecule has 1 unspecified atom stereocenters. The Morgan fingerprint density at radius 2 is 2.13 bits per heavy atom. The summed E-state index contributed by atoms with van der Waals surface area (Å²) in [6.07, 6.45) is 3.85. The van der Waals surface area contributed by atoms with Crippen LogP contribution in [-0.2, 0) is 4.79 Å². The number of nitrogens with zero attached hydrogens (tertiary/aromatic N) is 3. The van der Waals surface area contributed by atoms with Crippen molar-refractivity contribution in [3.63, 3.8) is 0 Å². The van der Waals surface area contributed by atoms with E-state index in [2.05, 4.69) is 13.5 Å². The molecule has 1 aromatic carbocycles. The number of likely N-dealkylation sites (tertiary alicyclic amines) is 1. The van der Waals surface area contributed by atoms with Crippen LogP contribution in [0.5, 0.6) is 5.75 Å². The fourth-order valence-electron chi connectivity index (χ4n) is 4.87. The number of benzene rings is 1. The van der Waals surface area contributed by atoms with Gasteiger partial charge in [-0.05, 0) is 61.4 Å². The van der Waals surface area contributed by atoms with Gasteiger partial charge in [0.1, 0.15) is 23.5 Å². The van der Waals surface area contributed by atoms with Gasteiger partial charge in [0.2, 0.25) is 5.91 Å². The molecule has 0 bridgehead atoms. The zero-order valence-corrected chi connectivity index (χ0v) is 18.0. The van der Waals surface area contributed by atoms with Gasteiger partial charge in [-0.3, -0.25) is 4.79 Å². The van der Waals surface area contributed by atoms with Crippen molar-refractivity contribution in [1.29, 1.82) is 0 Å². The summed E-state index contributed by atoms with van der Waals surface area (Å²) in [6, 6.07) is 7.70. The molecule has 1 saturated heterocycles. The minimum absolute atomic E-state index is 0.0129. The van der Waals surface area contributed by atoms with Crippen LogP contribution in [0.3, 0.4) is 0 Å². The molecule has 8 heteroatoms. The number of ether oxygens (including phenoxy) is 1. The van der Waals surface area contributed by atoms with Crippen LogP contribution in [0, 0.1) is 5.41 Å². The first kappa shape index (κ1) is 21.4. The van der Waals surface area contributed by atoms with Gasteiger partial charge in [-0.15, -0.1) is 0 Å². The van der Waals surface area contributed by atoms with E-state index in [0.717, 1.165) is 50.1 Å². The Morgan fingerprint density at radius 1 is 1.42 bits per heavy atom. The summed E-state index contributed by atoms with van der Waals surface area (Å²) in [5.41, 5.74) is 14.2. The average molecular weight is 426 g/mol. The van der Waals surface area contributed by atoms with E-state index in [0.29, 0.717) is 23.7 Å². The number of nitrogen functional groups attached to an aromatic ring is 1. The number of aliphatic hydroxyl groups excluding tert-OH is 1. The van der Waals surface area contributed by atoms with Crippen LogP contribution in [0.15, 0.2) is 36.9 Å². The summed E-state index contributed by atoms with van der Waals surface area (Å²) < 4.78 is 7.44. The third-order valence-electron chi connectivity index (χ3n) is 6.49. The van der Waals surface area contributed by atoms with Gasteiger partial charge in [0.25, 0.3) is 0 Å². The number of anilines is 1. The molecule has 1 saturated carbocycles. The predicted octanol–water partition coefficient (Wildman–Crippen LogP) is 2.61. The quantitative estimate of drug-likeness (QED) is 0.463. The second kappa shape index (κ2) is 8.36. The van der Waals surface area contributed by atoms with E-state index in [1.165, 1.54) is 6.08 Å². The molecule has 1 atom stereocenters. The molecule has 2 aliphatic rings. The van der Waals surface area contributed by atoms with Gasteiger partial charge in [0.05, 0.1) is 18.2 Å². The highest BCUT2D eigenvalue weighted by atomic mass is 16.5. The lowest BCUT2D eigenvalue weighted by Crippen LogP contribution is -2.42. The Kier molecular flexibility index (Phi) is 5.77. The Morgan fingerprint density at radius 3 is 2.74 bits per heavy atom. The maximum Gasteiger partial charge on any atom is 0.245 e. The number of aliphatic hydroxyl groups is 1. The number of aromatic nitrogens is 2. The summed E-state index contributed by atoms with van der Waals surface area (Å²) in [4.78, 5) is 13.8. The van der Waals surface area contributed by atoms with Crippen molar-refractivity contribution in [2.75, 3.05) is 25.4 Å². The monoisotopic (exact) mass is 425 g/mol. The lowest BCUT2D eigenvalue weighted by atomic mass is 9.65. The van der Waals surface area contributed by atoms with E-state index < -0.39 is 6.23 Å². The van der Waals surface area contributed by atoms with E-state index in [-0.39, 0.29) is 17.4 Å². The number of hydrogen-bond donors (Lipinski definition) is 3. The fraction of sp³-hybridized carbons (Fsp3) is 0.478. The lowest BCUT2D eigenvalue weighted by Gasteiger charge is -2.45. The van der Waals surface area contributed by atoms with Crippen LogP contribution in [0.1, 0.15) is 50.4 Å². The molecule has 1 aliphatic heterocycles. The third kappa shape index (κ3) is 3.93. The van der Waals surface area contributed by atoms with E-state index in [1.54, 1.807) is 4.68 Å². The summed E-state index contributed by atoms with van der Waals surface area (Å²) in [5, 5.41) is 15.0. The second-order valence-corrected chi connectivity index (χ2v) is 8.69. The SMILES string of the molecule is C=CC(=O)N1CC[C@]2(C1)C[C@H](n1nc(-c3ccc(OCCC)cc3)c(C(N)O)c1N)C2. The predicted molar refractivity (Wildman–Crippen MR) is 119 cm³/mol. The number of carbonyl (C=O) groups is 1. The zero-order valence-electron chi connectivity index (χ0n) is 18.0. The Hall–Kier alpha value is -2.84. The molecule has 5 N–H and O–H groups in total. The molecule has 8 nitrogen and oxygen atoms in total. The van der Waals surface area contributed by atoms with Crippen LogP contribution >= 0.6 is 0 Å². The first-order valence-corrected chi connectivity index (χ1v) is 10.8. The summed E-state index contributed by atoms with van der Waals surface area (Å²) in [6.45, 7) is 7.81. The Balaban J connectivity index is 1.54. The first-order valence-electron chi connectivity index (χ1n) is 10.8. The van der Waals surface area contributed by atoms with E-state index in [4.69, 9.17) is 21.3 Å². The van der Waals surface area contributed by atoms with Gasteiger partial charge in [-0.25, -0.2) is 4.68 Å². The minimum Gasteiger partial charge on any atom is -0.494 e. The number of hydrogen-bond acceptors (Lipinski definition) is 6. The highest BCUT2D eigenvalue weighted by molar-refractivity contribution is 5.87. The molecule has 2 heterocycles. The van der Waals surface area contributed by atoms with E-state index >= 15 is 0 Å².